The molecule has 1 spiro atoms. The third-order valence-corrected chi connectivity index (χ3v) is 12.6. The SMILES string of the molecule is N#Cc1ccc(-c2ccc3c(c2)Sc2cc(-c4nc(-c5ccccc5)nc(-c5ccc(-c6ccccc6)cc5)n4)ccc2C32c3ccccc3-c3ccccc32)cc1. The summed E-state index contributed by atoms with van der Waals surface area (Å²) < 4.78 is 0. The van der Waals surface area contributed by atoms with Gasteiger partial charge >= 0.3 is 0 Å². The van der Waals surface area contributed by atoms with Crippen LogP contribution in [0.15, 0.2) is 204 Å². The van der Waals surface area contributed by atoms with E-state index in [0.717, 1.165) is 43.8 Å². The summed E-state index contributed by atoms with van der Waals surface area (Å²) in [5.41, 5.74) is 15.0. The summed E-state index contributed by atoms with van der Waals surface area (Å²) in [7, 11) is 0. The van der Waals surface area contributed by atoms with E-state index in [-0.39, 0.29) is 0 Å². The van der Waals surface area contributed by atoms with Gasteiger partial charge in [0.1, 0.15) is 0 Å². The molecule has 0 atom stereocenters. The van der Waals surface area contributed by atoms with Gasteiger partial charge in [-0.3, -0.25) is 0 Å². The van der Waals surface area contributed by atoms with Gasteiger partial charge in [0.15, 0.2) is 17.5 Å². The van der Waals surface area contributed by atoms with Gasteiger partial charge < -0.3 is 0 Å². The lowest BCUT2D eigenvalue weighted by Crippen LogP contribution is -2.32. The van der Waals surface area contributed by atoms with E-state index in [2.05, 4.69) is 140 Å². The lowest BCUT2D eigenvalue weighted by atomic mass is 9.67. The van der Waals surface area contributed by atoms with Crippen molar-refractivity contribution in [3.8, 4) is 73.6 Å². The number of nitrogens with zero attached hydrogens (tertiary/aromatic N) is 4. The number of hydrogen-bond donors (Lipinski definition) is 0. The first-order chi connectivity index (χ1) is 28.7. The lowest BCUT2D eigenvalue weighted by Gasteiger charge is -2.40. The Hall–Kier alpha value is -7.39. The van der Waals surface area contributed by atoms with E-state index >= 15 is 0 Å². The van der Waals surface area contributed by atoms with Gasteiger partial charge in [-0.1, -0.05) is 182 Å². The first kappa shape index (κ1) is 33.9. The highest BCUT2D eigenvalue weighted by Gasteiger charge is 2.50. The van der Waals surface area contributed by atoms with E-state index in [1.807, 2.05) is 60.7 Å². The molecule has 4 nitrogen and oxygen atoms in total. The van der Waals surface area contributed by atoms with Crippen molar-refractivity contribution >= 4 is 11.8 Å². The second-order valence-corrected chi connectivity index (χ2v) is 15.8. The van der Waals surface area contributed by atoms with Crippen molar-refractivity contribution in [3.63, 3.8) is 0 Å². The number of benzene rings is 8. The zero-order valence-electron chi connectivity index (χ0n) is 31.2. The van der Waals surface area contributed by atoms with Crippen LogP contribution in [0, 0.1) is 11.3 Å². The molecule has 0 fully saturated rings. The van der Waals surface area contributed by atoms with Crippen LogP contribution in [0.3, 0.4) is 0 Å². The van der Waals surface area contributed by atoms with Crippen LogP contribution >= 0.6 is 11.8 Å². The van der Waals surface area contributed by atoms with E-state index in [0.29, 0.717) is 23.0 Å². The second kappa shape index (κ2) is 13.7. The number of rotatable bonds is 5. The predicted molar refractivity (Wildman–Crippen MR) is 233 cm³/mol. The van der Waals surface area contributed by atoms with Gasteiger partial charge in [-0.25, -0.2) is 15.0 Å². The molecule has 1 aliphatic carbocycles. The monoisotopic (exact) mass is 756 g/mol. The Labute approximate surface area is 341 Å². The van der Waals surface area contributed by atoms with Crippen molar-refractivity contribution in [2.24, 2.45) is 0 Å². The van der Waals surface area contributed by atoms with Crippen LogP contribution in [0.5, 0.6) is 0 Å². The zero-order valence-corrected chi connectivity index (χ0v) is 32.0. The topological polar surface area (TPSA) is 62.5 Å². The number of nitriles is 1. The number of aromatic nitrogens is 3. The maximum absolute atomic E-state index is 9.46. The molecule has 5 heteroatoms. The lowest BCUT2D eigenvalue weighted by molar-refractivity contribution is 0.722. The minimum Gasteiger partial charge on any atom is -0.208 e. The number of hydrogen-bond acceptors (Lipinski definition) is 5. The standard InChI is InChI=1S/C53H32N4S/c54-33-34-19-21-37(22-20-34)40-27-29-46-48(31-40)58-49-32-41(28-30-47(49)53(46)44-17-9-7-15-42(44)43-16-8-10-18-45(43)53)52-56-50(38-13-5-2-6-14-38)55-51(57-52)39-25-23-36(24-26-39)35-11-3-1-4-12-35/h1-32H. The van der Waals surface area contributed by atoms with Crippen molar-refractivity contribution in [2.45, 2.75) is 15.2 Å². The molecule has 0 bridgehead atoms. The molecular formula is C53H32N4S. The summed E-state index contributed by atoms with van der Waals surface area (Å²) in [6.45, 7) is 0. The van der Waals surface area contributed by atoms with Crippen LogP contribution in [0.25, 0.3) is 67.5 Å². The Kier molecular flexibility index (Phi) is 7.99. The summed E-state index contributed by atoms with van der Waals surface area (Å²) in [5, 5.41) is 9.46. The molecule has 0 unspecified atom stereocenters. The van der Waals surface area contributed by atoms with Gasteiger partial charge in [0, 0.05) is 26.5 Å². The Morgan fingerprint density at radius 3 is 1.34 bits per heavy atom. The molecule has 9 aromatic rings. The largest absolute Gasteiger partial charge is 0.208 e. The van der Waals surface area contributed by atoms with E-state index in [4.69, 9.17) is 15.0 Å². The maximum atomic E-state index is 9.46. The summed E-state index contributed by atoms with van der Waals surface area (Å²) in [4.78, 5) is 17.7. The molecule has 0 saturated carbocycles. The molecule has 58 heavy (non-hydrogen) atoms. The van der Waals surface area contributed by atoms with Crippen LogP contribution in [-0.2, 0) is 5.41 Å². The minimum atomic E-state index is -0.523. The van der Waals surface area contributed by atoms with E-state index in [9.17, 15) is 5.26 Å². The first-order valence-electron chi connectivity index (χ1n) is 19.3. The van der Waals surface area contributed by atoms with E-state index < -0.39 is 5.41 Å². The summed E-state index contributed by atoms with van der Waals surface area (Å²) >= 11 is 1.80. The molecule has 0 amide bonds. The molecule has 0 saturated heterocycles. The van der Waals surface area contributed by atoms with Gasteiger partial charge in [-0.15, -0.1) is 0 Å². The summed E-state index contributed by atoms with van der Waals surface area (Å²) in [6.07, 6.45) is 0. The highest BCUT2D eigenvalue weighted by Crippen LogP contribution is 2.62. The molecular weight excluding hydrogens is 725 g/mol. The Morgan fingerprint density at radius 2 is 0.759 bits per heavy atom. The quantitative estimate of drug-likeness (QED) is 0.175. The van der Waals surface area contributed by atoms with Gasteiger partial charge in [0.2, 0.25) is 0 Å². The van der Waals surface area contributed by atoms with Crippen LogP contribution in [0.4, 0.5) is 0 Å². The molecule has 2 aliphatic rings. The molecule has 11 rings (SSSR count). The molecule has 0 radical (unpaired) electrons. The average molecular weight is 757 g/mol. The molecule has 0 N–H and O–H groups in total. The summed E-state index contributed by atoms with van der Waals surface area (Å²) in [5.74, 6) is 1.88. The van der Waals surface area contributed by atoms with Crippen molar-refractivity contribution in [2.75, 3.05) is 0 Å². The predicted octanol–water partition coefficient (Wildman–Crippen LogP) is 12.9. The molecule has 270 valence electrons. The van der Waals surface area contributed by atoms with Gasteiger partial charge in [-0.05, 0) is 79.9 Å². The zero-order chi connectivity index (χ0) is 38.6. The Balaban J connectivity index is 1.10. The van der Waals surface area contributed by atoms with Crippen molar-refractivity contribution in [1.29, 1.82) is 5.26 Å². The van der Waals surface area contributed by atoms with Crippen LogP contribution in [0.1, 0.15) is 27.8 Å². The third kappa shape index (κ3) is 5.42. The number of fused-ring (bicyclic) bond motifs is 9. The van der Waals surface area contributed by atoms with Crippen molar-refractivity contribution < 1.29 is 0 Å². The van der Waals surface area contributed by atoms with Gasteiger partial charge in [0.05, 0.1) is 17.0 Å². The van der Waals surface area contributed by atoms with Gasteiger partial charge in [0.25, 0.3) is 0 Å². The highest BCUT2D eigenvalue weighted by atomic mass is 32.2. The third-order valence-electron chi connectivity index (χ3n) is 11.5. The molecule has 8 aromatic carbocycles. The molecule has 2 heterocycles. The second-order valence-electron chi connectivity index (χ2n) is 14.7. The smallest absolute Gasteiger partial charge is 0.164 e. The van der Waals surface area contributed by atoms with Gasteiger partial charge in [-0.2, -0.15) is 5.26 Å². The van der Waals surface area contributed by atoms with E-state index in [1.54, 1.807) is 11.8 Å². The van der Waals surface area contributed by atoms with Crippen molar-refractivity contribution in [1.82, 2.24) is 15.0 Å². The Morgan fingerprint density at radius 1 is 0.362 bits per heavy atom. The fraction of sp³-hybridized carbons (Fsp3) is 0.0189. The van der Waals surface area contributed by atoms with E-state index in [1.165, 1.54) is 38.3 Å². The van der Waals surface area contributed by atoms with Crippen LogP contribution < -0.4 is 0 Å². The minimum absolute atomic E-state index is 0.523. The maximum Gasteiger partial charge on any atom is 0.164 e. The van der Waals surface area contributed by atoms with Crippen molar-refractivity contribution in [3.05, 3.63) is 222 Å². The fourth-order valence-electron chi connectivity index (χ4n) is 8.76. The van der Waals surface area contributed by atoms with Crippen LogP contribution in [-0.4, -0.2) is 15.0 Å². The fourth-order valence-corrected chi connectivity index (χ4v) is 10.0. The van der Waals surface area contributed by atoms with Crippen LogP contribution in [0.2, 0.25) is 0 Å². The normalized spacial score (nSPS) is 12.9. The highest BCUT2D eigenvalue weighted by molar-refractivity contribution is 7.99. The first-order valence-corrected chi connectivity index (χ1v) is 20.1. The summed E-state index contributed by atoms with van der Waals surface area (Å²) in [6, 6.07) is 70.4. The average Bonchev–Trinajstić information content (AvgIpc) is 3.59. The molecule has 1 aliphatic heterocycles. The molecule has 1 aromatic heterocycles. The Bertz CT molecular complexity index is 3030.